The number of nitrogens with one attached hydrogen (secondary N) is 1. The second kappa shape index (κ2) is 7.54. The molecule has 1 saturated heterocycles. The molecule has 0 amide bonds. The smallest absolute Gasteiger partial charge is 0.202 e. The quantitative estimate of drug-likeness (QED) is 0.702. The Morgan fingerprint density at radius 3 is 2.25 bits per heavy atom. The number of likely N-dealkylation sites (N-methyl/N-ethyl adjacent to an activating group) is 1. The average Bonchev–Trinajstić information content (AvgIpc) is 2.68. The minimum absolute atomic E-state index is 0.0700. The number of benzene rings is 2. The van der Waals surface area contributed by atoms with Crippen LogP contribution in [0, 0.1) is 0 Å². The predicted molar refractivity (Wildman–Crippen MR) is 110 cm³/mol. The zero-order valence-corrected chi connectivity index (χ0v) is 16.9. The van der Waals surface area contributed by atoms with E-state index in [1.807, 2.05) is 18.2 Å². The number of quaternary nitrogens is 1. The monoisotopic (exact) mass is 417 g/mol. The summed E-state index contributed by atoms with van der Waals surface area (Å²) in [5.74, 6) is 0.622. The molecule has 7 nitrogen and oxygen atoms in total. The van der Waals surface area contributed by atoms with Crippen molar-refractivity contribution < 1.29 is 13.3 Å². The number of hydrogen-bond acceptors (Lipinski definition) is 5. The summed E-state index contributed by atoms with van der Waals surface area (Å²) >= 11 is 5.87. The Balaban J connectivity index is 1.76. The SMILES string of the molecule is C[NH+]1CCN(c2nc3ccccc3nc2[N-]S(=O)(=O)c2ccc(Cl)cc2)CC1. The fourth-order valence-corrected chi connectivity index (χ4v) is 4.19. The van der Waals surface area contributed by atoms with E-state index in [0.717, 1.165) is 26.2 Å². The van der Waals surface area contributed by atoms with Crippen molar-refractivity contribution in [2.45, 2.75) is 4.90 Å². The maximum Gasteiger partial charge on any atom is 0.202 e. The van der Waals surface area contributed by atoms with Crippen molar-refractivity contribution in [1.29, 1.82) is 0 Å². The molecule has 0 aliphatic carbocycles. The Labute approximate surface area is 169 Å². The van der Waals surface area contributed by atoms with Gasteiger partial charge in [-0.3, -0.25) is 0 Å². The highest BCUT2D eigenvalue weighted by Gasteiger charge is 2.21. The van der Waals surface area contributed by atoms with Crippen molar-refractivity contribution in [2.24, 2.45) is 0 Å². The topological polar surface area (TPSA) is 81.7 Å². The minimum Gasteiger partial charge on any atom is -0.431 e. The first kappa shape index (κ1) is 18.9. The van der Waals surface area contributed by atoms with E-state index in [0.29, 0.717) is 21.9 Å². The first-order chi connectivity index (χ1) is 13.4. The normalized spacial score (nSPS) is 15.7. The average molecular weight is 418 g/mol. The molecule has 146 valence electrons. The summed E-state index contributed by atoms with van der Waals surface area (Å²) in [6, 6.07) is 13.3. The van der Waals surface area contributed by atoms with E-state index in [9.17, 15) is 8.42 Å². The van der Waals surface area contributed by atoms with Crippen LogP contribution in [0.1, 0.15) is 0 Å². The number of fused-ring (bicyclic) bond motifs is 1. The molecule has 2 aromatic carbocycles. The summed E-state index contributed by atoms with van der Waals surface area (Å²) < 4.78 is 29.7. The number of sulfonamides is 1. The molecule has 1 aliphatic heterocycles. The van der Waals surface area contributed by atoms with Crippen LogP contribution in [0.3, 0.4) is 0 Å². The first-order valence-corrected chi connectivity index (χ1v) is 10.8. The van der Waals surface area contributed by atoms with E-state index in [4.69, 9.17) is 16.6 Å². The van der Waals surface area contributed by atoms with E-state index in [1.165, 1.54) is 29.2 Å². The van der Waals surface area contributed by atoms with Crippen LogP contribution in [-0.4, -0.2) is 51.6 Å². The molecule has 4 rings (SSSR count). The van der Waals surface area contributed by atoms with Crippen molar-refractivity contribution in [3.05, 3.63) is 58.3 Å². The third kappa shape index (κ3) is 3.89. The molecule has 28 heavy (non-hydrogen) atoms. The maximum absolute atomic E-state index is 12.8. The molecule has 0 bridgehead atoms. The van der Waals surface area contributed by atoms with Gasteiger partial charge in [0.15, 0.2) is 0 Å². The molecule has 1 N–H and O–H groups in total. The van der Waals surface area contributed by atoms with Gasteiger partial charge in [-0.05, 0) is 41.7 Å². The van der Waals surface area contributed by atoms with E-state index in [2.05, 4.69) is 21.7 Å². The van der Waals surface area contributed by atoms with Crippen LogP contribution < -0.4 is 9.80 Å². The summed E-state index contributed by atoms with van der Waals surface area (Å²) in [6.07, 6.45) is 0. The molecule has 0 spiro atoms. The molecule has 0 unspecified atom stereocenters. The third-order valence-corrected chi connectivity index (χ3v) is 6.30. The fraction of sp³-hybridized carbons (Fsp3) is 0.263. The lowest BCUT2D eigenvalue weighted by molar-refractivity contribution is -0.880. The van der Waals surface area contributed by atoms with Crippen LogP contribution in [0.2, 0.25) is 5.02 Å². The molecular weight excluding hydrogens is 398 g/mol. The zero-order valence-electron chi connectivity index (χ0n) is 15.3. The van der Waals surface area contributed by atoms with Gasteiger partial charge in [-0.1, -0.05) is 29.8 Å². The van der Waals surface area contributed by atoms with Crippen LogP contribution >= 0.6 is 11.6 Å². The number of hydrogen-bond donors (Lipinski definition) is 1. The molecule has 2 heterocycles. The van der Waals surface area contributed by atoms with Crippen molar-refractivity contribution >= 4 is 44.3 Å². The largest absolute Gasteiger partial charge is 0.431 e. The highest BCUT2D eigenvalue weighted by atomic mass is 35.5. The minimum atomic E-state index is -3.94. The van der Waals surface area contributed by atoms with Crippen molar-refractivity contribution in [3.8, 4) is 0 Å². The standard InChI is InChI=1S/C19H19ClN5O2S/c1-24-10-12-25(13-11-24)19-18(21-16-4-2-3-5-17(16)22-19)23-28(26,27)15-8-6-14(20)7-9-15/h2-9H,10-13H2,1H3/q-1/p+1. The molecule has 1 aromatic heterocycles. The highest BCUT2D eigenvalue weighted by Crippen LogP contribution is 2.35. The Morgan fingerprint density at radius 1 is 1.00 bits per heavy atom. The lowest BCUT2D eigenvalue weighted by Crippen LogP contribution is -3.12. The Kier molecular flexibility index (Phi) is 5.09. The van der Waals surface area contributed by atoms with Gasteiger partial charge in [-0.15, -0.1) is 0 Å². The third-order valence-electron chi connectivity index (χ3n) is 4.77. The van der Waals surface area contributed by atoms with Crippen LogP contribution in [0.25, 0.3) is 15.8 Å². The summed E-state index contributed by atoms with van der Waals surface area (Å²) in [6.45, 7) is 3.42. The number of aromatic nitrogens is 2. The lowest BCUT2D eigenvalue weighted by Gasteiger charge is -2.34. The van der Waals surface area contributed by atoms with Gasteiger partial charge in [0, 0.05) is 5.02 Å². The van der Waals surface area contributed by atoms with Crippen molar-refractivity contribution in [2.75, 3.05) is 38.1 Å². The molecule has 3 aromatic rings. The molecule has 0 atom stereocenters. The van der Waals surface area contributed by atoms with Crippen molar-refractivity contribution in [1.82, 2.24) is 9.97 Å². The Morgan fingerprint density at radius 2 is 1.61 bits per heavy atom. The highest BCUT2D eigenvalue weighted by molar-refractivity contribution is 7.94. The second-order valence-corrected chi connectivity index (χ2v) is 8.86. The first-order valence-electron chi connectivity index (χ1n) is 8.99. The fourth-order valence-electron chi connectivity index (χ4n) is 3.13. The Bertz CT molecular complexity index is 1100. The predicted octanol–water partition coefficient (Wildman–Crippen LogP) is 2.01. The van der Waals surface area contributed by atoms with Gasteiger partial charge in [0.25, 0.3) is 0 Å². The number of anilines is 1. The molecule has 0 saturated carbocycles. The number of piperazine rings is 1. The van der Waals surface area contributed by atoms with Gasteiger partial charge in [0.1, 0.15) is 5.82 Å². The van der Waals surface area contributed by atoms with E-state index < -0.39 is 10.0 Å². The maximum atomic E-state index is 12.8. The van der Waals surface area contributed by atoms with Crippen LogP contribution in [0.15, 0.2) is 53.4 Å². The summed E-state index contributed by atoms with van der Waals surface area (Å²) in [7, 11) is -1.80. The van der Waals surface area contributed by atoms with E-state index >= 15 is 0 Å². The molecular formula is C19H20ClN5O2S. The lowest BCUT2D eigenvalue weighted by atomic mass is 10.3. The molecule has 9 heteroatoms. The van der Waals surface area contributed by atoms with Crippen LogP contribution in [0.5, 0.6) is 0 Å². The van der Waals surface area contributed by atoms with Gasteiger partial charge >= 0.3 is 0 Å². The number of nitrogens with zero attached hydrogens (tertiary/aromatic N) is 4. The summed E-state index contributed by atoms with van der Waals surface area (Å²) in [4.78, 5) is 12.8. The second-order valence-electron chi connectivity index (χ2n) is 6.82. The number of rotatable bonds is 4. The number of para-hydroxylation sites is 2. The van der Waals surface area contributed by atoms with Gasteiger partial charge in [0.2, 0.25) is 10.0 Å². The molecule has 1 aliphatic rings. The van der Waals surface area contributed by atoms with Gasteiger partial charge in [-0.2, -0.15) is 0 Å². The Hall–Kier alpha value is -2.42. The van der Waals surface area contributed by atoms with Gasteiger partial charge < -0.3 is 19.5 Å². The van der Waals surface area contributed by atoms with Crippen molar-refractivity contribution in [3.63, 3.8) is 0 Å². The summed E-state index contributed by atoms with van der Waals surface area (Å²) in [5.41, 5.74) is 1.32. The summed E-state index contributed by atoms with van der Waals surface area (Å²) in [5, 5.41) is 0.463. The van der Waals surface area contributed by atoms with Gasteiger partial charge in [0.05, 0.1) is 43.6 Å². The van der Waals surface area contributed by atoms with E-state index in [-0.39, 0.29) is 10.7 Å². The molecule has 0 radical (unpaired) electrons. The molecule has 1 fully saturated rings. The van der Waals surface area contributed by atoms with Crippen LogP contribution in [0.4, 0.5) is 11.6 Å². The van der Waals surface area contributed by atoms with Gasteiger partial charge in [-0.25, -0.2) is 13.4 Å². The van der Waals surface area contributed by atoms with Crippen LogP contribution in [-0.2, 0) is 10.0 Å². The number of halogens is 1. The zero-order chi connectivity index (χ0) is 19.7. The van der Waals surface area contributed by atoms with E-state index in [1.54, 1.807) is 6.07 Å².